The molecular formula is C12H18N2O3. The molecule has 0 fully saturated rings. The largest absolute Gasteiger partial charge is 0.383 e. The van der Waals surface area contributed by atoms with Crippen LogP contribution in [0.1, 0.15) is 25.3 Å². The van der Waals surface area contributed by atoms with Crippen LogP contribution in [0.4, 0.5) is 11.4 Å². The van der Waals surface area contributed by atoms with E-state index < -0.39 is 0 Å². The summed E-state index contributed by atoms with van der Waals surface area (Å²) < 4.78 is 5.43. The van der Waals surface area contributed by atoms with Crippen LogP contribution in [0.5, 0.6) is 0 Å². The van der Waals surface area contributed by atoms with E-state index in [2.05, 4.69) is 12.2 Å². The Kier molecular flexibility index (Phi) is 5.42. The third kappa shape index (κ3) is 4.03. The van der Waals surface area contributed by atoms with Crippen molar-refractivity contribution in [3.63, 3.8) is 0 Å². The Hall–Kier alpha value is -1.62. The van der Waals surface area contributed by atoms with Crippen molar-refractivity contribution in [3.05, 3.63) is 33.9 Å². The first kappa shape index (κ1) is 13.4. The van der Waals surface area contributed by atoms with Gasteiger partial charge < -0.3 is 10.1 Å². The van der Waals surface area contributed by atoms with E-state index in [9.17, 15) is 10.1 Å². The molecule has 17 heavy (non-hydrogen) atoms. The molecule has 1 aromatic carbocycles. The summed E-state index contributed by atoms with van der Waals surface area (Å²) in [5.41, 5.74) is 1.43. The van der Waals surface area contributed by atoms with Crippen molar-refractivity contribution in [1.29, 1.82) is 0 Å². The van der Waals surface area contributed by atoms with Crippen LogP contribution in [0.15, 0.2) is 18.2 Å². The van der Waals surface area contributed by atoms with Crippen LogP contribution >= 0.6 is 0 Å². The van der Waals surface area contributed by atoms with E-state index in [0.717, 1.165) is 18.4 Å². The van der Waals surface area contributed by atoms with Crippen molar-refractivity contribution in [3.8, 4) is 0 Å². The molecule has 1 aromatic rings. The number of benzene rings is 1. The van der Waals surface area contributed by atoms with Gasteiger partial charge in [0.05, 0.1) is 11.5 Å². The van der Waals surface area contributed by atoms with Crippen LogP contribution in [0.2, 0.25) is 0 Å². The van der Waals surface area contributed by atoms with Crippen LogP contribution in [0.3, 0.4) is 0 Å². The molecule has 0 atom stereocenters. The van der Waals surface area contributed by atoms with Crippen LogP contribution in [-0.2, 0) is 11.3 Å². The lowest BCUT2D eigenvalue weighted by atomic mass is 10.2. The Labute approximate surface area is 101 Å². The van der Waals surface area contributed by atoms with Crippen molar-refractivity contribution in [2.24, 2.45) is 0 Å². The number of nitrogens with zero attached hydrogens (tertiary/aromatic N) is 1. The van der Waals surface area contributed by atoms with Gasteiger partial charge in [0.25, 0.3) is 5.69 Å². The first-order valence-corrected chi connectivity index (χ1v) is 5.71. The summed E-state index contributed by atoms with van der Waals surface area (Å²) in [6, 6.07) is 5.10. The van der Waals surface area contributed by atoms with Crippen molar-refractivity contribution in [1.82, 2.24) is 0 Å². The van der Waals surface area contributed by atoms with Gasteiger partial charge in [-0.2, -0.15) is 0 Å². The third-order valence-electron chi connectivity index (χ3n) is 2.44. The van der Waals surface area contributed by atoms with Crippen LogP contribution in [0.25, 0.3) is 0 Å². The summed E-state index contributed by atoms with van der Waals surface area (Å²) in [7, 11) is 1.67. The number of hydrogen-bond acceptors (Lipinski definition) is 4. The SMILES string of the molecule is CCCCOCc1ccc(NC)c([N+](=O)[O-])c1. The summed E-state index contributed by atoms with van der Waals surface area (Å²) in [6.07, 6.45) is 2.09. The van der Waals surface area contributed by atoms with E-state index in [-0.39, 0.29) is 10.6 Å². The van der Waals surface area contributed by atoms with Gasteiger partial charge in [-0.15, -0.1) is 0 Å². The first-order valence-electron chi connectivity index (χ1n) is 5.71. The second kappa shape index (κ2) is 6.85. The third-order valence-corrected chi connectivity index (χ3v) is 2.44. The zero-order chi connectivity index (χ0) is 12.7. The summed E-state index contributed by atoms with van der Waals surface area (Å²) in [4.78, 5) is 10.4. The quantitative estimate of drug-likeness (QED) is 0.450. The normalized spacial score (nSPS) is 10.2. The fourth-order valence-electron chi connectivity index (χ4n) is 1.47. The molecule has 0 aliphatic heterocycles. The molecule has 0 unspecified atom stereocenters. The minimum absolute atomic E-state index is 0.0871. The molecule has 5 heteroatoms. The van der Waals surface area contributed by atoms with Crippen LogP contribution in [0, 0.1) is 10.1 Å². The van der Waals surface area contributed by atoms with Gasteiger partial charge in [-0.3, -0.25) is 10.1 Å². The number of nitro benzene ring substituents is 1. The molecule has 0 aromatic heterocycles. The molecule has 0 aliphatic carbocycles. The van der Waals surface area contributed by atoms with E-state index in [1.165, 1.54) is 0 Å². The number of nitrogens with one attached hydrogen (secondary N) is 1. The second-order valence-electron chi connectivity index (χ2n) is 3.76. The van der Waals surface area contributed by atoms with Crippen LogP contribution in [-0.4, -0.2) is 18.6 Å². The first-order chi connectivity index (χ1) is 8.19. The van der Waals surface area contributed by atoms with Gasteiger partial charge in [-0.25, -0.2) is 0 Å². The van der Waals surface area contributed by atoms with Crippen molar-refractivity contribution in [2.45, 2.75) is 26.4 Å². The predicted molar refractivity (Wildman–Crippen MR) is 67.2 cm³/mol. The molecule has 1 rings (SSSR count). The highest BCUT2D eigenvalue weighted by atomic mass is 16.6. The summed E-state index contributed by atoms with van der Waals surface area (Å²) in [5.74, 6) is 0. The Bertz CT molecular complexity index is 380. The minimum atomic E-state index is -0.388. The molecule has 0 radical (unpaired) electrons. The fourth-order valence-corrected chi connectivity index (χ4v) is 1.47. The molecule has 5 nitrogen and oxygen atoms in total. The maximum absolute atomic E-state index is 10.8. The summed E-state index contributed by atoms with van der Waals surface area (Å²) in [6.45, 7) is 3.21. The van der Waals surface area contributed by atoms with Gasteiger partial charge in [0.2, 0.25) is 0 Å². The summed E-state index contributed by atoms with van der Waals surface area (Å²) in [5, 5.41) is 13.6. The molecule has 0 amide bonds. The monoisotopic (exact) mass is 238 g/mol. The van der Waals surface area contributed by atoms with Crippen LogP contribution < -0.4 is 5.32 Å². The number of rotatable bonds is 7. The maximum atomic E-state index is 10.8. The van der Waals surface area contributed by atoms with Gasteiger partial charge in [-0.1, -0.05) is 19.4 Å². The van der Waals surface area contributed by atoms with Gasteiger partial charge in [0.1, 0.15) is 5.69 Å². The minimum Gasteiger partial charge on any atom is -0.383 e. The highest BCUT2D eigenvalue weighted by Gasteiger charge is 2.13. The lowest BCUT2D eigenvalue weighted by Crippen LogP contribution is -2.00. The average Bonchev–Trinajstić information content (AvgIpc) is 2.34. The predicted octanol–water partition coefficient (Wildman–Crippen LogP) is 2.95. The molecule has 0 spiro atoms. The standard InChI is InChI=1S/C12H18N2O3/c1-3-4-7-17-9-10-5-6-11(13-2)12(8-10)14(15)16/h5-6,8,13H,3-4,7,9H2,1-2H3. The number of ether oxygens (including phenoxy) is 1. The molecule has 0 bridgehead atoms. The van der Waals surface area contributed by atoms with Gasteiger partial charge >= 0.3 is 0 Å². The lowest BCUT2D eigenvalue weighted by molar-refractivity contribution is -0.384. The Balaban J connectivity index is 2.68. The Morgan fingerprint density at radius 2 is 2.24 bits per heavy atom. The second-order valence-corrected chi connectivity index (χ2v) is 3.76. The van der Waals surface area contributed by atoms with E-state index in [0.29, 0.717) is 18.9 Å². The number of nitro groups is 1. The molecule has 1 N–H and O–H groups in total. The fraction of sp³-hybridized carbons (Fsp3) is 0.500. The smallest absolute Gasteiger partial charge is 0.292 e. The molecular weight excluding hydrogens is 220 g/mol. The van der Waals surface area contributed by atoms with Gasteiger partial charge in [0, 0.05) is 19.7 Å². The van der Waals surface area contributed by atoms with Crippen molar-refractivity contribution in [2.75, 3.05) is 19.0 Å². The maximum Gasteiger partial charge on any atom is 0.292 e. The molecule has 0 aliphatic rings. The topological polar surface area (TPSA) is 64.4 Å². The van der Waals surface area contributed by atoms with Gasteiger partial charge in [-0.05, 0) is 18.1 Å². The molecule has 0 saturated carbocycles. The number of hydrogen-bond donors (Lipinski definition) is 1. The van der Waals surface area contributed by atoms with Gasteiger partial charge in [0.15, 0.2) is 0 Å². The number of unbranched alkanes of at least 4 members (excludes halogenated alkanes) is 1. The molecule has 0 heterocycles. The van der Waals surface area contributed by atoms with E-state index in [4.69, 9.17) is 4.74 Å². The highest BCUT2D eigenvalue weighted by Crippen LogP contribution is 2.25. The number of anilines is 1. The Morgan fingerprint density at radius 1 is 1.47 bits per heavy atom. The average molecular weight is 238 g/mol. The summed E-state index contributed by atoms with van der Waals surface area (Å²) >= 11 is 0. The Morgan fingerprint density at radius 3 is 2.82 bits per heavy atom. The zero-order valence-corrected chi connectivity index (χ0v) is 10.2. The highest BCUT2D eigenvalue weighted by molar-refractivity contribution is 5.62. The van der Waals surface area contributed by atoms with Crippen molar-refractivity contribution < 1.29 is 9.66 Å². The van der Waals surface area contributed by atoms with E-state index >= 15 is 0 Å². The zero-order valence-electron chi connectivity index (χ0n) is 10.2. The molecule has 94 valence electrons. The van der Waals surface area contributed by atoms with E-state index in [1.54, 1.807) is 19.2 Å². The van der Waals surface area contributed by atoms with Crippen molar-refractivity contribution >= 4 is 11.4 Å². The lowest BCUT2D eigenvalue weighted by Gasteiger charge is -2.06. The van der Waals surface area contributed by atoms with E-state index in [1.807, 2.05) is 6.07 Å². The molecule has 0 saturated heterocycles.